The maximum atomic E-state index is 13.1. The van der Waals surface area contributed by atoms with Crippen LogP contribution in [0.1, 0.15) is 49.0 Å². The van der Waals surface area contributed by atoms with Crippen LogP contribution in [0.4, 0.5) is 0 Å². The van der Waals surface area contributed by atoms with E-state index in [1.807, 2.05) is 19.2 Å². The summed E-state index contributed by atoms with van der Waals surface area (Å²) in [7, 11) is 3.50. The Labute approximate surface area is 264 Å². The van der Waals surface area contributed by atoms with Crippen molar-refractivity contribution in [1.29, 1.82) is 0 Å². The van der Waals surface area contributed by atoms with Gasteiger partial charge in [-0.05, 0) is 51.1 Å². The molecule has 4 aliphatic rings. The molecule has 1 fully saturated rings. The highest BCUT2D eigenvalue weighted by atomic mass is 16.6. The van der Waals surface area contributed by atoms with E-state index in [2.05, 4.69) is 4.90 Å². The van der Waals surface area contributed by atoms with Crippen LogP contribution >= 0.6 is 0 Å². The van der Waals surface area contributed by atoms with Gasteiger partial charge in [0.05, 0.1) is 24.5 Å². The van der Waals surface area contributed by atoms with Gasteiger partial charge >= 0.3 is 23.9 Å². The van der Waals surface area contributed by atoms with Crippen molar-refractivity contribution in [3.05, 3.63) is 71.0 Å². The summed E-state index contributed by atoms with van der Waals surface area (Å²) in [6.07, 6.45) is -4.01. The number of benzene rings is 2. The minimum absolute atomic E-state index is 0.151. The SMILES string of the molecule is COc1ccc2c3c1O[C@@H]1C(OC(=O)C[C@H](O)C(=O)O[C@H](C(=O)O[C@@H](C)C(=O)O)c4ccccc4)=CC[C@]4(O)[C@H](C2)N(C)CC[C@@]314. The molecule has 0 aromatic heterocycles. The van der Waals surface area contributed by atoms with Crippen molar-refractivity contribution in [2.24, 2.45) is 0 Å². The summed E-state index contributed by atoms with van der Waals surface area (Å²) < 4.78 is 27.9. The molecule has 3 N–H and O–H groups in total. The number of carboxylic acid groups (broad SMARTS) is 1. The lowest BCUT2D eigenvalue weighted by atomic mass is 9.50. The third kappa shape index (κ3) is 4.89. The van der Waals surface area contributed by atoms with E-state index < -0.39 is 65.7 Å². The second-order valence-electron chi connectivity index (χ2n) is 12.1. The fourth-order valence-electron chi connectivity index (χ4n) is 7.36. The van der Waals surface area contributed by atoms with E-state index in [4.69, 9.17) is 28.8 Å². The second-order valence-corrected chi connectivity index (χ2v) is 12.1. The summed E-state index contributed by atoms with van der Waals surface area (Å²) in [4.78, 5) is 52.1. The number of ether oxygens (including phenoxy) is 5. The van der Waals surface area contributed by atoms with Crippen LogP contribution in [0.3, 0.4) is 0 Å². The normalized spacial score (nSPS) is 27.5. The molecule has 13 nitrogen and oxygen atoms in total. The molecule has 1 saturated heterocycles. The van der Waals surface area contributed by atoms with E-state index in [1.165, 1.54) is 19.2 Å². The zero-order chi connectivity index (χ0) is 33.0. The zero-order valence-corrected chi connectivity index (χ0v) is 25.5. The Hall–Kier alpha value is -4.46. The van der Waals surface area contributed by atoms with Crippen LogP contribution in [0.2, 0.25) is 0 Å². The standard InChI is InChI=1S/C33H35NO12/c1-17(29(37)38)43-31(40)26(18-7-5-4-6-8-18)46-30(39)20(35)16-24(36)44-22-11-12-33(41)23-15-19-9-10-21(42-3)27-25(19)32(33,28(22)45-27)13-14-34(23)2/h4-11,17,20,23,26,28,35,41H,12-16H2,1-3H3,(H,37,38)/t17-,20-,23-,26-,28+,32+,33-/m0/s1. The highest BCUT2D eigenvalue weighted by molar-refractivity contribution is 5.86. The number of piperidine rings is 1. The van der Waals surface area contributed by atoms with Crippen LogP contribution in [-0.4, -0.2) is 94.8 Å². The van der Waals surface area contributed by atoms with Gasteiger partial charge in [-0.25, -0.2) is 14.4 Å². The Morgan fingerprint density at radius 1 is 1.09 bits per heavy atom. The molecule has 6 rings (SSSR count). The Balaban J connectivity index is 1.19. The van der Waals surface area contributed by atoms with Gasteiger partial charge in [-0.3, -0.25) is 4.79 Å². The molecule has 0 unspecified atom stereocenters. The molecule has 2 aliphatic heterocycles. The number of aliphatic hydroxyl groups is 2. The molecule has 2 aliphatic carbocycles. The summed E-state index contributed by atoms with van der Waals surface area (Å²) in [6, 6.07) is 11.3. The first-order valence-electron chi connectivity index (χ1n) is 15.0. The first-order chi connectivity index (χ1) is 21.9. The summed E-state index contributed by atoms with van der Waals surface area (Å²) in [5, 5.41) is 32.0. The van der Waals surface area contributed by atoms with Gasteiger partial charge in [0.1, 0.15) is 5.76 Å². The maximum Gasteiger partial charge on any atom is 0.353 e. The van der Waals surface area contributed by atoms with Gasteiger partial charge in [0.15, 0.2) is 29.8 Å². The van der Waals surface area contributed by atoms with Gasteiger partial charge in [0.2, 0.25) is 6.10 Å². The molecule has 0 amide bonds. The number of carbonyl (C=O) groups excluding carboxylic acids is 3. The summed E-state index contributed by atoms with van der Waals surface area (Å²) in [5.41, 5.74) is -0.0864. The van der Waals surface area contributed by atoms with E-state index in [9.17, 15) is 29.4 Å². The molecule has 2 bridgehead atoms. The zero-order valence-electron chi connectivity index (χ0n) is 25.5. The molecular formula is C33H35NO12. The molecule has 0 saturated carbocycles. The number of carboxylic acids is 1. The molecule has 46 heavy (non-hydrogen) atoms. The molecule has 13 heteroatoms. The van der Waals surface area contributed by atoms with E-state index >= 15 is 0 Å². The lowest BCUT2D eigenvalue weighted by Gasteiger charge is -2.61. The van der Waals surface area contributed by atoms with Gasteiger partial charge in [0.25, 0.3) is 0 Å². The number of aliphatic hydroxyl groups excluding tert-OH is 1. The van der Waals surface area contributed by atoms with Crippen molar-refractivity contribution in [3.63, 3.8) is 0 Å². The number of rotatable bonds is 10. The molecule has 0 radical (unpaired) electrons. The smallest absolute Gasteiger partial charge is 0.353 e. The Bertz CT molecular complexity index is 1610. The largest absolute Gasteiger partial charge is 0.493 e. The minimum Gasteiger partial charge on any atom is -0.493 e. The number of hydrogen-bond acceptors (Lipinski definition) is 12. The molecular weight excluding hydrogens is 602 g/mol. The van der Waals surface area contributed by atoms with Crippen LogP contribution in [-0.2, 0) is 45.2 Å². The summed E-state index contributed by atoms with van der Waals surface area (Å²) >= 11 is 0. The van der Waals surface area contributed by atoms with E-state index in [-0.39, 0.29) is 23.8 Å². The van der Waals surface area contributed by atoms with Gasteiger partial charge in [-0.1, -0.05) is 36.4 Å². The number of carbonyl (C=O) groups is 4. The van der Waals surface area contributed by atoms with Gasteiger partial charge < -0.3 is 43.9 Å². The molecule has 2 heterocycles. The van der Waals surface area contributed by atoms with Gasteiger partial charge in [0, 0.05) is 23.6 Å². The topological polar surface area (TPSA) is 178 Å². The first kappa shape index (κ1) is 31.5. The van der Waals surface area contributed by atoms with Crippen molar-refractivity contribution in [2.75, 3.05) is 20.7 Å². The Kier molecular flexibility index (Phi) is 8.03. The predicted molar refractivity (Wildman–Crippen MR) is 157 cm³/mol. The van der Waals surface area contributed by atoms with E-state index in [0.29, 0.717) is 30.9 Å². The number of esters is 3. The molecule has 2 aromatic carbocycles. The predicted octanol–water partition coefficient (Wildman–Crippen LogP) is 1.57. The minimum atomic E-state index is -2.03. The number of methoxy groups -OCH3 is 1. The number of nitrogens with zero attached hydrogens (tertiary/aromatic N) is 1. The number of likely N-dealkylation sites (tertiary alicyclic amines) is 1. The van der Waals surface area contributed by atoms with E-state index in [1.54, 1.807) is 24.3 Å². The third-order valence-corrected chi connectivity index (χ3v) is 9.61. The fraction of sp³-hybridized carbons (Fsp3) is 0.455. The average Bonchev–Trinajstić information content (AvgIpc) is 3.39. The van der Waals surface area contributed by atoms with E-state index in [0.717, 1.165) is 18.1 Å². The third-order valence-electron chi connectivity index (χ3n) is 9.61. The van der Waals surface area contributed by atoms with Crippen LogP contribution in [0.15, 0.2) is 54.3 Å². The first-order valence-corrected chi connectivity index (χ1v) is 15.0. The molecule has 244 valence electrons. The van der Waals surface area contributed by atoms with Crippen molar-refractivity contribution < 1.29 is 58.2 Å². The highest BCUT2D eigenvalue weighted by Crippen LogP contribution is 2.65. The quantitative estimate of drug-likeness (QED) is 0.253. The number of aliphatic carboxylic acids is 1. The van der Waals surface area contributed by atoms with Crippen molar-refractivity contribution in [3.8, 4) is 11.5 Å². The maximum absolute atomic E-state index is 13.1. The Morgan fingerprint density at radius 3 is 2.52 bits per heavy atom. The van der Waals surface area contributed by atoms with Crippen molar-refractivity contribution >= 4 is 23.9 Å². The summed E-state index contributed by atoms with van der Waals surface area (Å²) in [6.45, 7) is 1.81. The van der Waals surface area contributed by atoms with Crippen LogP contribution in [0.5, 0.6) is 11.5 Å². The average molecular weight is 638 g/mol. The Morgan fingerprint density at radius 2 is 1.83 bits per heavy atom. The fourth-order valence-corrected chi connectivity index (χ4v) is 7.36. The monoisotopic (exact) mass is 637 g/mol. The number of likely N-dealkylation sites (N-methyl/N-ethyl adjacent to an activating group) is 1. The lowest BCUT2D eigenvalue weighted by Crippen LogP contribution is -2.74. The van der Waals surface area contributed by atoms with Crippen molar-refractivity contribution in [2.45, 2.75) is 74.1 Å². The van der Waals surface area contributed by atoms with Gasteiger partial charge in [-0.15, -0.1) is 0 Å². The number of hydrogen-bond donors (Lipinski definition) is 3. The second kappa shape index (κ2) is 11.7. The van der Waals surface area contributed by atoms with Crippen LogP contribution in [0, 0.1) is 0 Å². The van der Waals surface area contributed by atoms with Crippen LogP contribution in [0.25, 0.3) is 0 Å². The molecule has 7 atom stereocenters. The molecule has 2 aromatic rings. The van der Waals surface area contributed by atoms with Gasteiger partial charge in [-0.2, -0.15) is 0 Å². The lowest BCUT2D eigenvalue weighted by molar-refractivity contribution is -0.181. The highest BCUT2D eigenvalue weighted by Gasteiger charge is 2.72. The van der Waals surface area contributed by atoms with Crippen molar-refractivity contribution in [1.82, 2.24) is 4.90 Å². The van der Waals surface area contributed by atoms with Crippen LogP contribution < -0.4 is 9.47 Å². The molecule has 1 spiro atoms. The summed E-state index contributed by atoms with van der Waals surface area (Å²) in [5.74, 6) is -3.72.